The van der Waals surface area contributed by atoms with Crippen molar-refractivity contribution in [3.63, 3.8) is 0 Å². The van der Waals surface area contributed by atoms with Crippen LogP contribution in [0.15, 0.2) is 0 Å². The molecule has 1 aliphatic carbocycles. The number of carbonyl (C=O) groups is 1. The SMILES string of the molecule is CCCC[SiH2]C1CC2CCC1OC2C(=O)C(Cl)(Cl)CCC. The van der Waals surface area contributed by atoms with Gasteiger partial charge in [-0.25, -0.2) is 0 Å². The van der Waals surface area contributed by atoms with E-state index < -0.39 is 4.33 Å². The Kier molecular flexibility index (Phi) is 6.61. The van der Waals surface area contributed by atoms with Crippen molar-refractivity contribution in [3.8, 4) is 0 Å². The van der Waals surface area contributed by atoms with Crippen molar-refractivity contribution >= 4 is 38.5 Å². The van der Waals surface area contributed by atoms with Crippen LogP contribution in [0.5, 0.6) is 0 Å². The van der Waals surface area contributed by atoms with Gasteiger partial charge in [0.05, 0.1) is 6.10 Å². The molecule has 0 N–H and O–H groups in total. The van der Waals surface area contributed by atoms with E-state index in [2.05, 4.69) is 6.92 Å². The Morgan fingerprint density at radius 3 is 2.62 bits per heavy atom. The van der Waals surface area contributed by atoms with E-state index in [1.54, 1.807) is 0 Å². The summed E-state index contributed by atoms with van der Waals surface area (Å²) in [6.07, 6.45) is 7.33. The van der Waals surface area contributed by atoms with Crippen LogP contribution < -0.4 is 0 Å². The minimum Gasteiger partial charge on any atom is -0.367 e. The number of ether oxygens (including phenoxy) is 1. The van der Waals surface area contributed by atoms with E-state index in [1.165, 1.54) is 25.3 Å². The standard InChI is InChI=1S/C16H28Cl2O2Si/c1-3-5-9-21-13-10-11-6-7-12(13)20-14(11)15(19)16(17,18)8-4-2/h11-14H,3-10,21H2,1-2H3. The van der Waals surface area contributed by atoms with E-state index in [4.69, 9.17) is 27.9 Å². The van der Waals surface area contributed by atoms with Crippen molar-refractivity contribution in [3.05, 3.63) is 0 Å². The number of hydrogen-bond acceptors (Lipinski definition) is 2. The second-order valence-corrected chi connectivity index (χ2v) is 10.6. The van der Waals surface area contributed by atoms with Gasteiger partial charge in [0.25, 0.3) is 0 Å². The maximum absolute atomic E-state index is 12.6. The first-order chi connectivity index (χ1) is 9.99. The van der Waals surface area contributed by atoms with Crippen LogP contribution in [0, 0.1) is 5.92 Å². The maximum Gasteiger partial charge on any atom is 0.197 e. The highest BCUT2D eigenvalue weighted by atomic mass is 35.5. The number of ketones is 1. The fraction of sp³-hybridized carbons (Fsp3) is 0.938. The molecule has 0 spiro atoms. The molecule has 21 heavy (non-hydrogen) atoms. The van der Waals surface area contributed by atoms with Crippen molar-refractivity contribution < 1.29 is 9.53 Å². The lowest BCUT2D eigenvalue weighted by Gasteiger charge is -2.47. The van der Waals surface area contributed by atoms with Gasteiger partial charge >= 0.3 is 0 Å². The summed E-state index contributed by atoms with van der Waals surface area (Å²) < 4.78 is 4.88. The third kappa shape index (κ3) is 4.24. The van der Waals surface area contributed by atoms with Crippen LogP contribution in [0.3, 0.4) is 0 Å². The molecule has 1 saturated carbocycles. The van der Waals surface area contributed by atoms with Crippen LogP contribution in [0.1, 0.15) is 58.8 Å². The smallest absolute Gasteiger partial charge is 0.197 e. The van der Waals surface area contributed by atoms with E-state index >= 15 is 0 Å². The first-order valence-electron chi connectivity index (χ1n) is 8.57. The van der Waals surface area contributed by atoms with E-state index in [-0.39, 0.29) is 21.4 Å². The van der Waals surface area contributed by atoms with E-state index in [9.17, 15) is 4.79 Å². The molecule has 2 heterocycles. The minimum atomic E-state index is -1.26. The predicted octanol–water partition coefficient (Wildman–Crippen LogP) is 4.27. The Labute approximate surface area is 141 Å². The van der Waals surface area contributed by atoms with Crippen LogP contribution in [0.4, 0.5) is 0 Å². The summed E-state index contributed by atoms with van der Waals surface area (Å²) in [6.45, 7) is 4.25. The lowest BCUT2D eigenvalue weighted by atomic mass is 9.77. The second kappa shape index (κ2) is 7.81. The number of alkyl halides is 2. The molecule has 2 aliphatic heterocycles. The van der Waals surface area contributed by atoms with Gasteiger partial charge in [0, 0.05) is 9.52 Å². The Morgan fingerprint density at radius 2 is 2.05 bits per heavy atom. The lowest BCUT2D eigenvalue weighted by Crippen LogP contribution is -2.52. The van der Waals surface area contributed by atoms with Gasteiger partial charge in [0.1, 0.15) is 6.10 Å². The van der Waals surface area contributed by atoms with Crippen molar-refractivity contribution in [2.24, 2.45) is 5.92 Å². The van der Waals surface area contributed by atoms with E-state index in [1.807, 2.05) is 6.92 Å². The molecule has 2 saturated heterocycles. The quantitative estimate of drug-likeness (QED) is 0.371. The van der Waals surface area contributed by atoms with Gasteiger partial charge in [-0.3, -0.25) is 4.79 Å². The fourth-order valence-corrected chi connectivity index (χ4v) is 7.20. The van der Waals surface area contributed by atoms with Crippen LogP contribution in [0.25, 0.3) is 0 Å². The molecule has 2 bridgehead atoms. The number of unbranched alkanes of at least 4 members (excludes halogenated alkanes) is 1. The van der Waals surface area contributed by atoms with Crippen molar-refractivity contribution in [2.75, 3.05) is 0 Å². The average Bonchev–Trinajstić information content (AvgIpc) is 2.47. The molecule has 4 unspecified atom stereocenters. The minimum absolute atomic E-state index is 0.0667. The third-order valence-corrected chi connectivity index (χ3v) is 8.32. The zero-order valence-corrected chi connectivity index (χ0v) is 16.2. The normalized spacial score (nSPS) is 33.0. The number of fused-ring (bicyclic) bond motifs is 3. The van der Waals surface area contributed by atoms with Gasteiger partial charge in [0.15, 0.2) is 10.1 Å². The van der Waals surface area contributed by atoms with Crippen molar-refractivity contribution in [1.82, 2.24) is 0 Å². The topological polar surface area (TPSA) is 26.3 Å². The van der Waals surface area contributed by atoms with E-state index in [0.29, 0.717) is 18.4 Å². The third-order valence-electron chi connectivity index (χ3n) is 5.06. The highest BCUT2D eigenvalue weighted by molar-refractivity contribution is 6.58. The molecule has 5 heteroatoms. The molecular weight excluding hydrogens is 323 g/mol. The van der Waals surface area contributed by atoms with Gasteiger partial charge in [-0.2, -0.15) is 0 Å². The summed E-state index contributed by atoms with van der Waals surface area (Å²) in [6, 6.07) is 1.41. The Morgan fingerprint density at radius 1 is 1.29 bits per heavy atom. The second-order valence-electron chi connectivity index (χ2n) is 6.74. The molecule has 3 fully saturated rings. The monoisotopic (exact) mass is 350 g/mol. The van der Waals surface area contributed by atoms with Gasteiger partial charge in [0.2, 0.25) is 0 Å². The Bertz CT molecular complexity index is 362. The summed E-state index contributed by atoms with van der Waals surface area (Å²) in [4.78, 5) is 12.6. The van der Waals surface area contributed by atoms with Crippen LogP contribution in [0.2, 0.25) is 11.6 Å². The number of Topliss-reactive ketones (excluding diaryl/α,β-unsaturated/α-hetero) is 1. The average molecular weight is 351 g/mol. The molecule has 0 aromatic heterocycles. The first kappa shape index (κ1) is 17.8. The molecule has 0 amide bonds. The molecule has 3 rings (SSSR count). The summed E-state index contributed by atoms with van der Waals surface area (Å²) >= 11 is 12.5. The highest BCUT2D eigenvalue weighted by Crippen LogP contribution is 2.46. The summed E-state index contributed by atoms with van der Waals surface area (Å²) in [5.74, 6) is 0.270. The highest BCUT2D eigenvalue weighted by Gasteiger charge is 2.49. The van der Waals surface area contributed by atoms with Crippen molar-refractivity contribution in [2.45, 2.75) is 86.9 Å². The van der Waals surface area contributed by atoms with E-state index in [0.717, 1.165) is 24.8 Å². The first-order valence-corrected chi connectivity index (χ1v) is 11.1. The number of rotatable bonds is 8. The zero-order valence-electron chi connectivity index (χ0n) is 13.2. The maximum atomic E-state index is 12.6. The van der Waals surface area contributed by atoms with Crippen LogP contribution in [-0.4, -0.2) is 31.8 Å². The van der Waals surface area contributed by atoms with Crippen LogP contribution in [-0.2, 0) is 9.53 Å². The van der Waals surface area contributed by atoms with Crippen LogP contribution >= 0.6 is 23.2 Å². The predicted molar refractivity (Wildman–Crippen MR) is 92.4 cm³/mol. The number of carbonyl (C=O) groups excluding carboxylic acids is 1. The fourth-order valence-electron chi connectivity index (χ4n) is 3.91. The zero-order chi connectivity index (χ0) is 15.5. The molecule has 2 nitrogen and oxygen atoms in total. The molecular formula is C16H28Cl2O2Si. The Hall–Kier alpha value is 0.427. The molecule has 3 aliphatic rings. The van der Waals surface area contributed by atoms with Gasteiger partial charge in [-0.1, -0.05) is 62.4 Å². The molecule has 4 atom stereocenters. The Balaban J connectivity index is 1.93. The molecule has 0 aromatic carbocycles. The summed E-state index contributed by atoms with van der Waals surface area (Å²) in [5, 5.41) is 0. The summed E-state index contributed by atoms with van der Waals surface area (Å²) in [7, 11) is -0.0667. The van der Waals surface area contributed by atoms with Gasteiger partial charge in [-0.15, -0.1) is 0 Å². The largest absolute Gasteiger partial charge is 0.367 e. The number of hydrogen-bond donors (Lipinski definition) is 0. The number of halogens is 2. The van der Waals surface area contributed by atoms with Gasteiger partial charge in [-0.05, 0) is 37.1 Å². The summed E-state index contributed by atoms with van der Waals surface area (Å²) in [5.41, 5.74) is 0.769. The van der Waals surface area contributed by atoms with Gasteiger partial charge < -0.3 is 4.74 Å². The molecule has 0 aromatic rings. The van der Waals surface area contributed by atoms with Crippen molar-refractivity contribution in [1.29, 1.82) is 0 Å². The molecule has 122 valence electrons. The lowest BCUT2D eigenvalue weighted by molar-refractivity contribution is -0.159. The molecule has 0 radical (unpaired) electrons.